The standard InChI is InChI=1S/3C12H26N.C4H10O.Ti/c3*1-3-5-7-9-11-13-12-10-8-6-4-2;1-2-3-4-5;/h3*3-12H2,1-2H3;5H,2-4H2,1H3;/q3*-1;;+3. The molecule has 0 aliphatic heterocycles. The molecule has 5 heteroatoms. The van der Waals surface area contributed by atoms with Crippen molar-refractivity contribution in [2.24, 2.45) is 0 Å². The number of unbranched alkanes of at least 4 members (excludes halogenated alkanes) is 19. The fourth-order valence-corrected chi connectivity index (χ4v) is 4.40. The van der Waals surface area contributed by atoms with Crippen LogP contribution in [0, 0.1) is 0 Å². The topological polar surface area (TPSA) is 62.5 Å². The zero-order valence-corrected chi connectivity index (χ0v) is 34.2. The molecule has 0 unspecified atom stereocenters. The first-order valence-electron chi connectivity index (χ1n) is 20.2. The first kappa shape index (κ1) is 55.0. The Kier molecular flexibility index (Phi) is 77.3. The third kappa shape index (κ3) is 76.1. The van der Waals surface area contributed by atoms with Crippen LogP contribution in [0.25, 0.3) is 16.0 Å². The van der Waals surface area contributed by atoms with Crippen molar-refractivity contribution in [1.29, 1.82) is 0 Å². The van der Waals surface area contributed by atoms with Gasteiger partial charge in [0, 0.05) is 6.61 Å². The molecule has 0 aliphatic rings. The predicted molar refractivity (Wildman–Crippen MR) is 206 cm³/mol. The quantitative estimate of drug-likeness (QED) is 0.0560. The largest absolute Gasteiger partial charge is 3.00 e. The molecular formula is C40H88N3OTi. The van der Waals surface area contributed by atoms with E-state index in [0.29, 0.717) is 6.61 Å². The fourth-order valence-electron chi connectivity index (χ4n) is 4.40. The van der Waals surface area contributed by atoms with E-state index in [-0.39, 0.29) is 21.7 Å². The summed E-state index contributed by atoms with van der Waals surface area (Å²) in [6, 6.07) is 0. The molecule has 0 aromatic carbocycles. The number of hydrogen-bond donors (Lipinski definition) is 1. The molecule has 0 amide bonds. The van der Waals surface area contributed by atoms with Gasteiger partial charge in [0.05, 0.1) is 0 Å². The van der Waals surface area contributed by atoms with Gasteiger partial charge in [-0.15, -0.1) is 39.3 Å². The Labute approximate surface area is 302 Å². The van der Waals surface area contributed by atoms with Gasteiger partial charge < -0.3 is 21.1 Å². The van der Waals surface area contributed by atoms with Gasteiger partial charge >= 0.3 is 21.7 Å². The molecule has 273 valence electrons. The van der Waals surface area contributed by atoms with Crippen LogP contribution in [0.3, 0.4) is 0 Å². The van der Waals surface area contributed by atoms with Crippen LogP contribution in [0.4, 0.5) is 0 Å². The Hall–Kier alpha value is 0.554. The minimum Gasteiger partial charge on any atom is -0.662 e. The van der Waals surface area contributed by atoms with E-state index in [0.717, 1.165) is 52.1 Å². The molecule has 4 nitrogen and oxygen atoms in total. The number of nitrogens with zero attached hydrogens (tertiary/aromatic N) is 3. The third-order valence-corrected chi connectivity index (χ3v) is 7.53. The second-order valence-electron chi connectivity index (χ2n) is 12.5. The normalized spacial score (nSPS) is 10.1. The molecular weight excluding hydrogens is 586 g/mol. The first-order valence-corrected chi connectivity index (χ1v) is 20.2. The molecule has 0 spiro atoms. The first-order chi connectivity index (χ1) is 21.7. The van der Waals surface area contributed by atoms with Crippen LogP contribution in [0.2, 0.25) is 0 Å². The molecule has 0 atom stereocenters. The van der Waals surface area contributed by atoms with Crippen molar-refractivity contribution in [2.75, 3.05) is 45.9 Å². The molecule has 0 aliphatic carbocycles. The van der Waals surface area contributed by atoms with E-state index in [1.165, 1.54) is 154 Å². The Balaban J connectivity index is -0.000000163. The second kappa shape index (κ2) is 63.3. The minimum atomic E-state index is 0. The molecule has 0 saturated carbocycles. The smallest absolute Gasteiger partial charge is 0.662 e. The van der Waals surface area contributed by atoms with Gasteiger partial charge in [-0.25, -0.2) is 0 Å². The average Bonchev–Trinajstić information content (AvgIpc) is 3.04. The van der Waals surface area contributed by atoms with E-state index in [1.54, 1.807) is 0 Å². The Morgan fingerprint density at radius 3 is 0.556 bits per heavy atom. The van der Waals surface area contributed by atoms with Gasteiger partial charge in [0.25, 0.3) is 0 Å². The van der Waals surface area contributed by atoms with Crippen molar-refractivity contribution in [3.05, 3.63) is 16.0 Å². The summed E-state index contributed by atoms with van der Waals surface area (Å²) in [6.45, 7) is 22.5. The van der Waals surface area contributed by atoms with E-state index in [9.17, 15) is 0 Å². The molecule has 0 fully saturated rings. The monoisotopic (exact) mass is 675 g/mol. The molecule has 0 saturated heterocycles. The maximum Gasteiger partial charge on any atom is 3.00 e. The number of rotatable bonds is 32. The minimum absolute atomic E-state index is 0. The van der Waals surface area contributed by atoms with Crippen LogP contribution in [-0.4, -0.2) is 51.0 Å². The van der Waals surface area contributed by atoms with Crippen molar-refractivity contribution in [3.63, 3.8) is 0 Å². The summed E-state index contributed by atoms with van der Waals surface area (Å²) in [5.74, 6) is 0. The van der Waals surface area contributed by atoms with Crippen molar-refractivity contribution in [2.45, 2.75) is 215 Å². The predicted octanol–water partition coefficient (Wildman–Crippen LogP) is 14.3. The number of aliphatic hydroxyl groups excluding tert-OH is 1. The second-order valence-corrected chi connectivity index (χ2v) is 12.5. The third-order valence-electron chi connectivity index (χ3n) is 7.53. The van der Waals surface area contributed by atoms with E-state index < -0.39 is 0 Å². The molecule has 1 radical (unpaired) electrons. The molecule has 45 heavy (non-hydrogen) atoms. The van der Waals surface area contributed by atoms with Crippen molar-refractivity contribution in [1.82, 2.24) is 0 Å². The van der Waals surface area contributed by atoms with Crippen LogP contribution >= 0.6 is 0 Å². The van der Waals surface area contributed by atoms with Crippen molar-refractivity contribution >= 4 is 0 Å². The molecule has 0 aromatic heterocycles. The summed E-state index contributed by atoms with van der Waals surface area (Å²) in [5, 5.41) is 21.6. The number of hydrogen-bond acceptors (Lipinski definition) is 1. The average molecular weight is 675 g/mol. The van der Waals surface area contributed by atoms with Gasteiger partial charge in [-0.2, -0.15) is 0 Å². The summed E-state index contributed by atoms with van der Waals surface area (Å²) < 4.78 is 0. The van der Waals surface area contributed by atoms with Gasteiger partial charge in [-0.1, -0.05) is 209 Å². The van der Waals surface area contributed by atoms with E-state index >= 15 is 0 Å². The van der Waals surface area contributed by atoms with Crippen LogP contribution in [0.1, 0.15) is 215 Å². The van der Waals surface area contributed by atoms with Crippen LogP contribution in [0.15, 0.2) is 0 Å². The van der Waals surface area contributed by atoms with E-state index in [2.05, 4.69) is 64.4 Å². The molecule has 0 heterocycles. The van der Waals surface area contributed by atoms with Gasteiger partial charge in [0.1, 0.15) is 0 Å². The van der Waals surface area contributed by atoms with E-state index in [4.69, 9.17) is 5.11 Å². The molecule has 0 aromatic rings. The maximum absolute atomic E-state index is 8.07. The van der Waals surface area contributed by atoms with Gasteiger partial charge in [-0.05, 0) is 6.42 Å². The Morgan fingerprint density at radius 2 is 0.444 bits per heavy atom. The van der Waals surface area contributed by atoms with Crippen LogP contribution in [0.5, 0.6) is 0 Å². The summed E-state index contributed by atoms with van der Waals surface area (Å²) in [6.07, 6.45) is 34.4. The zero-order chi connectivity index (χ0) is 33.5. The van der Waals surface area contributed by atoms with Gasteiger partial charge in [0.2, 0.25) is 0 Å². The zero-order valence-electron chi connectivity index (χ0n) is 32.6. The molecule has 0 bridgehead atoms. The van der Waals surface area contributed by atoms with Crippen LogP contribution < -0.4 is 0 Å². The number of aliphatic hydroxyl groups is 1. The summed E-state index contributed by atoms with van der Waals surface area (Å²) >= 11 is 0. The Bertz CT molecular complexity index is 317. The fraction of sp³-hybridized carbons (Fsp3) is 1.00. The summed E-state index contributed by atoms with van der Waals surface area (Å²) in [5.41, 5.74) is 0. The summed E-state index contributed by atoms with van der Waals surface area (Å²) in [7, 11) is 0. The molecule has 0 rings (SSSR count). The van der Waals surface area contributed by atoms with Crippen molar-refractivity contribution in [3.8, 4) is 0 Å². The van der Waals surface area contributed by atoms with Crippen molar-refractivity contribution < 1.29 is 26.8 Å². The van der Waals surface area contributed by atoms with Gasteiger partial charge in [0.15, 0.2) is 0 Å². The SMILES string of the molecule is CCCCCC[N-]CCCCCC.CCCCCC[N-]CCCCCC.CCCCCC[N-]CCCCCC.CCCCO.[Ti+3]. The van der Waals surface area contributed by atoms with Gasteiger partial charge in [-0.3, -0.25) is 0 Å². The van der Waals surface area contributed by atoms with Crippen LogP contribution in [-0.2, 0) is 21.7 Å². The summed E-state index contributed by atoms with van der Waals surface area (Å²) in [4.78, 5) is 0. The van der Waals surface area contributed by atoms with E-state index in [1.807, 2.05) is 0 Å². The Morgan fingerprint density at radius 1 is 0.267 bits per heavy atom. The molecule has 1 N–H and O–H groups in total. The maximum atomic E-state index is 8.07.